The molecule has 1 aromatic carbocycles. The van der Waals surface area contributed by atoms with Crippen LogP contribution >= 0.6 is 22.9 Å². The summed E-state index contributed by atoms with van der Waals surface area (Å²) in [5.41, 5.74) is -0.456. The standard InChI is InChI=1S/C29H39ClF2N4O4S/c1-28(2,3)16-35(17-29(4,5)6)21(14-33-27(39)22-9-10-23(30)41-22)26(38)34-18-7-8-20(19(13-18)25(31)32)36-11-12-40-15-24(36)37/h7-10,13,21,25H,11-12,14-17H2,1-6H3,(H,33,39)(H,34,38)/t21-/m1/s1. The van der Waals surface area contributed by atoms with Crippen molar-refractivity contribution >= 4 is 52.0 Å². The van der Waals surface area contributed by atoms with Gasteiger partial charge in [-0.05, 0) is 41.2 Å². The molecule has 1 aliphatic heterocycles. The molecule has 1 aromatic heterocycles. The minimum atomic E-state index is -2.87. The number of ether oxygens (including phenoxy) is 1. The molecule has 0 radical (unpaired) electrons. The van der Waals surface area contributed by atoms with E-state index < -0.39 is 24.3 Å². The Hall–Kier alpha value is -2.60. The molecule has 8 nitrogen and oxygen atoms in total. The molecule has 0 spiro atoms. The van der Waals surface area contributed by atoms with E-state index in [9.17, 15) is 23.2 Å². The van der Waals surface area contributed by atoms with Crippen LogP contribution in [-0.2, 0) is 14.3 Å². The van der Waals surface area contributed by atoms with Crippen molar-refractivity contribution < 1.29 is 27.9 Å². The second-order valence-electron chi connectivity index (χ2n) is 12.5. The maximum atomic E-state index is 14.1. The van der Waals surface area contributed by atoms with Gasteiger partial charge in [-0.15, -0.1) is 11.3 Å². The van der Waals surface area contributed by atoms with Gasteiger partial charge >= 0.3 is 0 Å². The second kappa shape index (κ2) is 13.6. The molecule has 1 saturated heterocycles. The van der Waals surface area contributed by atoms with Crippen LogP contribution in [0.1, 0.15) is 63.2 Å². The van der Waals surface area contributed by atoms with E-state index in [2.05, 4.69) is 52.2 Å². The number of benzene rings is 1. The number of thiophene rings is 1. The van der Waals surface area contributed by atoms with E-state index in [0.717, 1.165) is 11.3 Å². The fourth-order valence-electron chi connectivity index (χ4n) is 4.65. The van der Waals surface area contributed by atoms with Crippen molar-refractivity contribution in [3.63, 3.8) is 0 Å². The number of carbonyl (C=O) groups excluding carboxylic acids is 3. The highest BCUT2D eigenvalue weighted by Gasteiger charge is 2.33. The number of rotatable bonds is 10. The zero-order valence-electron chi connectivity index (χ0n) is 24.4. The molecule has 3 rings (SSSR count). The van der Waals surface area contributed by atoms with Crippen LogP contribution in [0.15, 0.2) is 30.3 Å². The van der Waals surface area contributed by atoms with E-state index in [1.807, 2.05) is 4.90 Å². The van der Waals surface area contributed by atoms with Gasteiger partial charge in [0.05, 0.1) is 21.5 Å². The number of carbonyl (C=O) groups is 3. The van der Waals surface area contributed by atoms with Crippen molar-refractivity contribution in [1.29, 1.82) is 0 Å². The fraction of sp³-hybridized carbons (Fsp3) is 0.552. The lowest BCUT2D eigenvalue weighted by molar-refractivity contribution is -0.125. The van der Waals surface area contributed by atoms with Gasteiger partial charge in [0.15, 0.2) is 0 Å². The van der Waals surface area contributed by atoms with Crippen LogP contribution in [0.25, 0.3) is 0 Å². The quantitative estimate of drug-likeness (QED) is 0.352. The molecule has 1 atom stereocenters. The Morgan fingerprint density at radius 1 is 1.10 bits per heavy atom. The lowest BCUT2D eigenvalue weighted by Gasteiger charge is -2.39. The molecule has 2 N–H and O–H groups in total. The Balaban J connectivity index is 1.91. The Labute approximate surface area is 249 Å². The summed E-state index contributed by atoms with van der Waals surface area (Å²) in [6, 6.07) is 6.56. The van der Waals surface area contributed by atoms with Crippen molar-refractivity contribution in [3.05, 3.63) is 45.1 Å². The maximum Gasteiger partial charge on any atom is 0.265 e. The lowest BCUT2D eigenvalue weighted by atomic mass is 9.90. The highest BCUT2D eigenvalue weighted by Crippen LogP contribution is 2.33. The molecule has 0 saturated carbocycles. The predicted molar refractivity (Wildman–Crippen MR) is 159 cm³/mol. The molecule has 2 aromatic rings. The Kier molecular flexibility index (Phi) is 10.9. The number of morpholine rings is 1. The van der Waals surface area contributed by atoms with Crippen molar-refractivity contribution in [2.24, 2.45) is 10.8 Å². The first-order valence-electron chi connectivity index (χ1n) is 13.4. The first kappa shape index (κ1) is 32.9. The van der Waals surface area contributed by atoms with Gasteiger partial charge in [0.25, 0.3) is 18.2 Å². The van der Waals surface area contributed by atoms with Crippen molar-refractivity contribution in [2.45, 2.75) is 54.0 Å². The van der Waals surface area contributed by atoms with E-state index in [1.165, 1.54) is 23.1 Å². The van der Waals surface area contributed by atoms with Gasteiger partial charge in [0.1, 0.15) is 12.6 Å². The number of hydrogen-bond acceptors (Lipinski definition) is 6. The Morgan fingerprint density at radius 2 is 1.76 bits per heavy atom. The van der Waals surface area contributed by atoms with Crippen molar-refractivity contribution in [2.75, 3.05) is 49.6 Å². The summed E-state index contributed by atoms with van der Waals surface area (Å²) < 4.78 is 33.8. The number of nitrogens with one attached hydrogen (secondary N) is 2. The van der Waals surface area contributed by atoms with Crippen molar-refractivity contribution in [3.8, 4) is 0 Å². The Morgan fingerprint density at radius 3 is 2.29 bits per heavy atom. The van der Waals surface area contributed by atoms with E-state index in [0.29, 0.717) is 22.3 Å². The van der Waals surface area contributed by atoms with Crippen LogP contribution in [0, 0.1) is 10.8 Å². The van der Waals surface area contributed by atoms with Gasteiger partial charge in [-0.2, -0.15) is 0 Å². The normalized spacial score (nSPS) is 15.4. The summed E-state index contributed by atoms with van der Waals surface area (Å²) in [5.74, 6) is -1.21. The third-order valence-corrected chi connectivity index (χ3v) is 7.39. The highest BCUT2D eigenvalue weighted by atomic mass is 35.5. The minimum absolute atomic E-state index is 0.00554. The maximum absolute atomic E-state index is 14.1. The van der Waals surface area contributed by atoms with Crippen LogP contribution in [0.4, 0.5) is 20.2 Å². The minimum Gasteiger partial charge on any atom is -0.370 e. The van der Waals surface area contributed by atoms with Crippen LogP contribution in [0.2, 0.25) is 4.34 Å². The van der Waals surface area contributed by atoms with Gasteiger partial charge < -0.3 is 20.3 Å². The number of anilines is 2. The predicted octanol–water partition coefficient (Wildman–Crippen LogP) is 5.83. The van der Waals surface area contributed by atoms with E-state index >= 15 is 0 Å². The number of nitrogens with zero attached hydrogens (tertiary/aromatic N) is 2. The average molecular weight is 613 g/mol. The molecule has 226 valence electrons. The SMILES string of the molecule is CC(C)(C)CN(CC(C)(C)C)[C@H](CNC(=O)c1ccc(Cl)s1)C(=O)Nc1ccc(N2CCOCC2=O)c(C(F)F)c1. The van der Waals surface area contributed by atoms with E-state index in [4.69, 9.17) is 16.3 Å². The first-order valence-corrected chi connectivity index (χ1v) is 14.6. The summed E-state index contributed by atoms with van der Waals surface area (Å²) in [6.45, 7) is 13.7. The largest absolute Gasteiger partial charge is 0.370 e. The van der Waals surface area contributed by atoms with Crippen LogP contribution in [-0.4, -0.2) is 68.1 Å². The van der Waals surface area contributed by atoms with Gasteiger partial charge in [0.2, 0.25) is 5.91 Å². The number of hydrogen-bond donors (Lipinski definition) is 2. The number of halogens is 3. The van der Waals surface area contributed by atoms with Gasteiger partial charge in [-0.1, -0.05) is 53.1 Å². The summed E-state index contributed by atoms with van der Waals surface area (Å²) in [5, 5.41) is 5.64. The van der Waals surface area contributed by atoms with Gasteiger partial charge in [-0.3, -0.25) is 19.3 Å². The highest BCUT2D eigenvalue weighted by molar-refractivity contribution is 7.18. The summed E-state index contributed by atoms with van der Waals surface area (Å²) in [6.07, 6.45) is -2.87. The third-order valence-electron chi connectivity index (χ3n) is 6.16. The summed E-state index contributed by atoms with van der Waals surface area (Å²) in [4.78, 5) is 42.7. The fourth-order valence-corrected chi connectivity index (χ4v) is 5.61. The molecule has 1 aliphatic rings. The lowest BCUT2D eigenvalue weighted by Crippen LogP contribution is -2.54. The van der Waals surface area contributed by atoms with E-state index in [-0.39, 0.29) is 60.0 Å². The smallest absolute Gasteiger partial charge is 0.265 e. The van der Waals surface area contributed by atoms with Crippen LogP contribution < -0.4 is 15.5 Å². The molecular formula is C29H39ClF2N4O4S. The molecule has 0 aliphatic carbocycles. The molecule has 1 fully saturated rings. The zero-order valence-corrected chi connectivity index (χ0v) is 25.9. The van der Waals surface area contributed by atoms with Crippen molar-refractivity contribution in [1.82, 2.24) is 10.2 Å². The first-order chi connectivity index (χ1) is 19.0. The summed E-state index contributed by atoms with van der Waals surface area (Å²) in [7, 11) is 0. The summed E-state index contributed by atoms with van der Waals surface area (Å²) >= 11 is 7.13. The number of alkyl halides is 2. The molecule has 3 amide bonds. The average Bonchev–Trinajstić information content (AvgIpc) is 3.29. The molecular weight excluding hydrogens is 574 g/mol. The van der Waals surface area contributed by atoms with Crippen LogP contribution in [0.3, 0.4) is 0 Å². The Bertz CT molecular complexity index is 1230. The second-order valence-corrected chi connectivity index (χ2v) is 14.2. The van der Waals surface area contributed by atoms with Gasteiger partial charge in [-0.25, -0.2) is 8.78 Å². The molecule has 12 heteroatoms. The monoisotopic (exact) mass is 612 g/mol. The van der Waals surface area contributed by atoms with Gasteiger partial charge in [0, 0.05) is 37.4 Å². The number of amides is 3. The molecule has 41 heavy (non-hydrogen) atoms. The zero-order chi connectivity index (χ0) is 30.5. The molecule has 0 unspecified atom stereocenters. The van der Waals surface area contributed by atoms with Crippen LogP contribution in [0.5, 0.6) is 0 Å². The molecule has 2 heterocycles. The topological polar surface area (TPSA) is 91.0 Å². The van der Waals surface area contributed by atoms with E-state index in [1.54, 1.807) is 12.1 Å². The molecule has 0 bridgehead atoms. The third kappa shape index (κ3) is 9.73.